The molecule has 0 spiro atoms. The Morgan fingerprint density at radius 2 is 2.00 bits per heavy atom. The van der Waals surface area contributed by atoms with Gasteiger partial charge in [0.05, 0.1) is 17.9 Å². The van der Waals surface area contributed by atoms with Crippen LogP contribution >= 0.6 is 0 Å². The fourth-order valence-corrected chi connectivity index (χ4v) is 1.63. The van der Waals surface area contributed by atoms with Crippen LogP contribution in [-0.2, 0) is 9.59 Å². The lowest BCUT2D eigenvalue weighted by Gasteiger charge is -2.23. The Morgan fingerprint density at radius 3 is 2.53 bits per heavy atom. The lowest BCUT2D eigenvalue weighted by Crippen LogP contribution is -2.38. The number of aliphatic carboxylic acids is 1. The van der Waals surface area contributed by atoms with E-state index in [1.54, 1.807) is 18.2 Å². The maximum absolute atomic E-state index is 11.5. The number of hydrogen-bond acceptors (Lipinski definition) is 3. The third-order valence-corrected chi connectivity index (χ3v) is 2.43. The number of hydrogen-bond donors (Lipinski definition) is 2. The molecule has 80 valence electrons. The number of nitrogens with zero attached hydrogens (tertiary/aromatic N) is 1. The van der Waals surface area contributed by atoms with E-state index >= 15 is 0 Å². The molecule has 0 heterocycles. The Kier molecular flexibility index (Phi) is 3.86. The second-order valence-corrected chi connectivity index (χ2v) is 3.37. The number of amides is 1. The van der Waals surface area contributed by atoms with Gasteiger partial charge in [0.15, 0.2) is 0 Å². The van der Waals surface area contributed by atoms with Crippen molar-refractivity contribution in [1.82, 2.24) is 5.32 Å². The van der Waals surface area contributed by atoms with Crippen LogP contribution < -0.4 is 5.32 Å². The van der Waals surface area contributed by atoms with Gasteiger partial charge in [0.2, 0.25) is 5.91 Å². The normalized spacial score (nSPS) is 24.2. The van der Waals surface area contributed by atoms with E-state index in [1.165, 1.54) is 0 Å². The van der Waals surface area contributed by atoms with Gasteiger partial charge in [0.1, 0.15) is 6.54 Å². The maximum Gasteiger partial charge on any atom is 0.307 e. The number of carbonyl (C=O) groups is 2. The Labute approximate surface area is 87.4 Å². The molecule has 1 aliphatic rings. The second-order valence-electron chi connectivity index (χ2n) is 3.37. The first kappa shape index (κ1) is 11.2. The van der Waals surface area contributed by atoms with Crippen LogP contribution in [0.15, 0.2) is 12.2 Å². The Bertz CT molecular complexity index is 330. The van der Waals surface area contributed by atoms with Crippen molar-refractivity contribution in [3.63, 3.8) is 0 Å². The summed E-state index contributed by atoms with van der Waals surface area (Å²) in [6.45, 7) is -0.0780. The summed E-state index contributed by atoms with van der Waals surface area (Å²) >= 11 is 0. The van der Waals surface area contributed by atoms with Gasteiger partial charge in [-0.1, -0.05) is 12.2 Å². The number of carboxylic acid groups (broad SMARTS) is 1. The number of carbonyl (C=O) groups excluding carboxylic acids is 1. The van der Waals surface area contributed by atoms with Crippen LogP contribution in [0.1, 0.15) is 12.8 Å². The van der Waals surface area contributed by atoms with Crippen molar-refractivity contribution >= 4 is 11.9 Å². The van der Waals surface area contributed by atoms with Crippen LogP contribution in [0.5, 0.6) is 0 Å². The van der Waals surface area contributed by atoms with E-state index in [9.17, 15) is 9.59 Å². The van der Waals surface area contributed by atoms with Gasteiger partial charge in [-0.3, -0.25) is 9.59 Å². The monoisotopic (exact) mass is 208 g/mol. The van der Waals surface area contributed by atoms with Crippen LogP contribution in [0, 0.1) is 23.2 Å². The summed E-state index contributed by atoms with van der Waals surface area (Å²) in [4.78, 5) is 22.4. The number of carboxylic acids is 1. The molecule has 0 saturated heterocycles. The predicted octanol–water partition coefficient (Wildman–Crippen LogP) is 0.293. The first-order valence-electron chi connectivity index (χ1n) is 4.69. The lowest BCUT2D eigenvalue weighted by molar-refractivity contribution is -0.147. The minimum atomic E-state index is -0.962. The van der Waals surface area contributed by atoms with Gasteiger partial charge >= 0.3 is 5.97 Å². The van der Waals surface area contributed by atoms with E-state index in [0.717, 1.165) is 0 Å². The fourth-order valence-electron chi connectivity index (χ4n) is 1.63. The molecular formula is C10H12N2O3. The zero-order valence-electron chi connectivity index (χ0n) is 8.14. The van der Waals surface area contributed by atoms with Crippen molar-refractivity contribution in [2.75, 3.05) is 6.54 Å². The summed E-state index contributed by atoms with van der Waals surface area (Å²) in [6.07, 6.45) is 4.37. The molecule has 0 aliphatic heterocycles. The molecule has 0 radical (unpaired) electrons. The molecule has 2 N–H and O–H groups in total. The summed E-state index contributed by atoms with van der Waals surface area (Å²) in [6, 6.07) is 1.78. The van der Waals surface area contributed by atoms with Gasteiger partial charge in [-0.25, -0.2) is 0 Å². The highest BCUT2D eigenvalue weighted by Gasteiger charge is 2.33. The topological polar surface area (TPSA) is 90.2 Å². The highest BCUT2D eigenvalue weighted by atomic mass is 16.4. The molecule has 1 aliphatic carbocycles. The third kappa shape index (κ3) is 2.81. The van der Waals surface area contributed by atoms with Crippen LogP contribution in [0.4, 0.5) is 0 Å². The smallest absolute Gasteiger partial charge is 0.307 e. The molecule has 5 heteroatoms. The highest BCUT2D eigenvalue weighted by molar-refractivity contribution is 5.85. The number of rotatable bonds is 3. The molecule has 2 atom stereocenters. The zero-order valence-corrected chi connectivity index (χ0v) is 8.14. The molecule has 0 saturated carbocycles. The summed E-state index contributed by atoms with van der Waals surface area (Å²) < 4.78 is 0. The van der Waals surface area contributed by atoms with Gasteiger partial charge in [0, 0.05) is 0 Å². The fraction of sp³-hybridized carbons (Fsp3) is 0.500. The largest absolute Gasteiger partial charge is 0.481 e. The van der Waals surface area contributed by atoms with Crippen molar-refractivity contribution in [2.24, 2.45) is 11.8 Å². The molecular weight excluding hydrogens is 196 g/mol. The molecule has 0 aromatic heterocycles. The Morgan fingerprint density at radius 1 is 1.40 bits per heavy atom. The third-order valence-electron chi connectivity index (χ3n) is 2.43. The summed E-state index contributed by atoms with van der Waals surface area (Å²) in [5, 5.41) is 19.6. The van der Waals surface area contributed by atoms with Crippen LogP contribution in [-0.4, -0.2) is 23.5 Å². The van der Waals surface area contributed by atoms with Gasteiger partial charge < -0.3 is 10.4 Å². The SMILES string of the molecule is N#CCNC(=O)[C@H]1CC=CC[C@H]1C(=O)O. The average molecular weight is 208 g/mol. The van der Waals surface area contributed by atoms with Crippen molar-refractivity contribution in [2.45, 2.75) is 12.8 Å². The van der Waals surface area contributed by atoms with Crippen molar-refractivity contribution in [3.05, 3.63) is 12.2 Å². The van der Waals surface area contributed by atoms with Gasteiger partial charge in [-0.2, -0.15) is 5.26 Å². The highest BCUT2D eigenvalue weighted by Crippen LogP contribution is 2.25. The quantitative estimate of drug-likeness (QED) is 0.515. The van der Waals surface area contributed by atoms with Crippen molar-refractivity contribution in [1.29, 1.82) is 5.26 Å². The minimum absolute atomic E-state index is 0.0780. The van der Waals surface area contributed by atoms with Crippen LogP contribution in [0.25, 0.3) is 0 Å². The minimum Gasteiger partial charge on any atom is -0.481 e. The van der Waals surface area contributed by atoms with E-state index in [2.05, 4.69) is 5.32 Å². The number of allylic oxidation sites excluding steroid dienone is 2. The zero-order chi connectivity index (χ0) is 11.3. The molecule has 1 amide bonds. The summed E-state index contributed by atoms with van der Waals surface area (Å²) in [5.41, 5.74) is 0. The Hall–Kier alpha value is -1.83. The first-order valence-corrected chi connectivity index (χ1v) is 4.69. The van der Waals surface area contributed by atoms with E-state index in [4.69, 9.17) is 10.4 Å². The first-order chi connectivity index (χ1) is 7.16. The second kappa shape index (κ2) is 5.15. The molecule has 0 fully saturated rings. The lowest BCUT2D eigenvalue weighted by atomic mass is 9.82. The van der Waals surface area contributed by atoms with Gasteiger partial charge in [-0.15, -0.1) is 0 Å². The molecule has 15 heavy (non-hydrogen) atoms. The van der Waals surface area contributed by atoms with Crippen molar-refractivity contribution < 1.29 is 14.7 Å². The van der Waals surface area contributed by atoms with E-state index in [0.29, 0.717) is 12.8 Å². The van der Waals surface area contributed by atoms with Gasteiger partial charge in [-0.05, 0) is 12.8 Å². The average Bonchev–Trinajstić information content (AvgIpc) is 2.25. The van der Waals surface area contributed by atoms with Gasteiger partial charge in [0.25, 0.3) is 0 Å². The van der Waals surface area contributed by atoms with Crippen LogP contribution in [0.3, 0.4) is 0 Å². The van der Waals surface area contributed by atoms with Crippen molar-refractivity contribution in [3.8, 4) is 6.07 Å². The van der Waals surface area contributed by atoms with E-state index in [-0.39, 0.29) is 12.5 Å². The summed E-state index contributed by atoms with van der Waals surface area (Å²) in [7, 11) is 0. The van der Waals surface area contributed by atoms with E-state index in [1.807, 2.05) is 0 Å². The maximum atomic E-state index is 11.5. The molecule has 0 aromatic rings. The predicted molar refractivity (Wildman–Crippen MR) is 51.6 cm³/mol. The van der Waals surface area contributed by atoms with Crippen LogP contribution in [0.2, 0.25) is 0 Å². The molecule has 5 nitrogen and oxygen atoms in total. The number of nitrogens with one attached hydrogen (secondary N) is 1. The molecule has 0 bridgehead atoms. The standard InChI is InChI=1S/C10H12N2O3/c11-5-6-12-9(13)7-3-1-2-4-8(7)10(14)15/h1-2,7-8H,3-4,6H2,(H,12,13)(H,14,15)/t7-,8+/m0/s1. The molecule has 1 rings (SSSR count). The molecule has 0 aromatic carbocycles. The van der Waals surface area contributed by atoms with E-state index < -0.39 is 17.8 Å². The summed E-state index contributed by atoms with van der Waals surface area (Å²) in [5.74, 6) is -2.54. The Balaban J connectivity index is 2.65. The number of nitriles is 1. The molecule has 0 unspecified atom stereocenters.